The highest BCUT2D eigenvalue weighted by molar-refractivity contribution is 5.99. The number of carbonyl (C=O) groups excluding carboxylic acids is 1. The Kier molecular flexibility index (Phi) is 5.68. The Labute approximate surface area is 198 Å². The summed E-state index contributed by atoms with van der Waals surface area (Å²) in [7, 11) is 0. The minimum atomic E-state index is -4.67. The van der Waals surface area contributed by atoms with E-state index in [2.05, 4.69) is 4.98 Å². The number of aromatic nitrogens is 1. The zero-order valence-electron chi connectivity index (χ0n) is 19.0. The number of carbonyl (C=O) groups is 1. The molecule has 3 aromatic rings. The van der Waals surface area contributed by atoms with Crippen molar-refractivity contribution in [1.29, 1.82) is 0 Å². The summed E-state index contributed by atoms with van der Waals surface area (Å²) in [6.45, 7) is 4.15. The molecule has 2 aromatic carbocycles. The summed E-state index contributed by atoms with van der Waals surface area (Å²) in [6.07, 6.45) is -4.89. The third kappa shape index (κ3) is 4.00. The molecule has 184 valence electrons. The van der Waals surface area contributed by atoms with Gasteiger partial charge in [0.05, 0.1) is 49.1 Å². The number of ether oxygens (including phenoxy) is 2. The number of pyridine rings is 1. The fourth-order valence-corrected chi connectivity index (χ4v) is 4.92. The van der Waals surface area contributed by atoms with E-state index in [-0.39, 0.29) is 30.8 Å². The molecule has 0 saturated carbocycles. The fourth-order valence-electron chi connectivity index (χ4n) is 4.92. The molecule has 0 aliphatic carbocycles. The van der Waals surface area contributed by atoms with E-state index in [4.69, 9.17) is 15.2 Å². The molecule has 1 aromatic heterocycles. The third-order valence-corrected chi connectivity index (χ3v) is 6.66. The number of amides is 1. The van der Waals surface area contributed by atoms with Gasteiger partial charge in [-0.25, -0.2) is 9.37 Å². The summed E-state index contributed by atoms with van der Waals surface area (Å²) >= 11 is 0. The molecule has 0 spiro atoms. The first kappa shape index (κ1) is 23.5. The Morgan fingerprint density at radius 2 is 1.91 bits per heavy atom. The Bertz CT molecular complexity index is 1330. The van der Waals surface area contributed by atoms with Crippen molar-refractivity contribution in [3.63, 3.8) is 0 Å². The fraction of sp³-hybridized carbons (Fsp3) is 0.360. The highest BCUT2D eigenvalue weighted by Crippen LogP contribution is 2.39. The lowest BCUT2D eigenvalue weighted by Gasteiger charge is -2.41. The van der Waals surface area contributed by atoms with Crippen molar-refractivity contribution in [2.45, 2.75) is 44.8 Å². The van der Waals surface area contributed by atoms with Crippen LogP contribution in [0.4, 0.5) is 23.4 Å². The smallest absolute Gasteiger partial charge is 0.383 e. The van der Waals surface area contributed by atoms with E-state index >= 15 is 0 Å². The molecule has 1 fully saturated rings. The molecule has 2 N–H and O–H groups in total. The molecular weight excluding hydrogens is 466 g/mol. The van der Waals surface area contributed by atoms with Crippen molar-refractivity contribution in [2.24, 2.45) is 0 Å². The number of nitrogens with zero attached hydrogens (tertiary/aromatic N) is 2. The molecule has 3 heterocycles. The average molecular weight is 489 g/mol. The van der Waals surface area contributed by atoms with E-state index in [1.165, 1.54) is 4.90 Å². The number of fused-ring (bicyclic) bond motifs is 3. The van der Waals surface area contributed by atoms with E-state index in [9.17, 15) is 22.4 Å². The summed E-state index contributed by atoms with van der Waals surface area (Å²) in [5, 5.41) is 0.738. The summed E-state index contributed by atoms with van der Waals surface area (Å²) < 4.78 is 65.2. The second-order valence-electron chi connectivity index (χ2n) is 8.92. The van der Waals surface area contributed by atoms with Gasteiger partial charge in [0.15, 0.2) is 0 Å². The lowest BCUT2D eigenvalue weighted by atomic mass is 9.97. The Balaban J connectivity index is 1.55. The minimum Gasteiger partial charge on any atom is -0.383 e. The first-order valence-corrected chi connectivity index (χ1v) is 11.2. The molecule has 6 nitrogen and oxygen atoms in total. The van der Waals surface area contributed by atoms with Gasteiger partial charge in [0, 0.05) is 22.1 Å². The number of nitrogen functional groups attached to an aromatic ring is 1. The maximum atomic E-state index is 14.8. The standard InChI is InChI=1S/C25H23F4N3O3/c1-12-9-34-11-21(16-5-4-15(8-19(16)26)25(27,28)29)32(12)24(33)14-3-6-20-17(7-14)18-10-35-13(2)22(18)23(30)31-20/h3-8,12-13,21H,9-11H2,1-2H3,(H2,30,31)/t12-,13-,21-/m1/s1. The van der Waals surface area contributed by atoms with Crippen LogP contribution in [0.1, 0.15) is 58.6 Å². The van der Waals surface area contributed by atoms with Gasteiger partial charge in [-0.05, 0) is 49.7 Å². The van der Waals surface area contributed by atoms with Crippen LogP contribution in [0.5, 0.6) is 0 Å². The van der Waals surface area contributed by atoms with Crippen LogP contribution < -0.4 is 5.73 Å². The van der Waals surface area contributed by atoms with Crippen molar-refractivity contribution >= 4 is 22.6 Å². The number of morpholine rings is 1. The molecule has 35 heavy (non-hydrogen) atoms. The first-order chi connectivity index (χ1) is 16.6. The molecule has 2 aliphatic heterocycles. The van der Waals surface area contributed by atoms with E-state index < -0.39 is 29.6 Å². The van der Waals surface area contributed by atoms with Crippen LogP contribution in [0.15, 0.2) is 36.4 Å². The van der Waals surface area contributed by atoms with Crippen molar-refractivity contribution < 1.29 is 31.8 Å². The Morgan fingerprint density at radius 3 is 2.63 bits per heavy atom. The lowest BCUT2D eigenvalue weighted by Crippen LogP contribution is -2.49. The molecule has 0 radical (unpaired) electrons. The number of rotatable bonds is 2. The number of hydrogen-bond acceptors (Lipinski definition) is 5. The monoisotopic (exact) mass is 489 g/mol. The van der Waals surface area contributed by atoms with E-state index in [0.29, 0.717) is 29.6 Å². The Morgan fingerprint density at radius 1 is 1.14 bits per heavy atom. The van der Waals surface area contributed by atoms with Crippen LogP contribution in [0.2, 0.25) is 0 Å². The normalized spacial score (nSPS) is 22.5. The quantitative estimate of drug-likeness (QED) is 0.503. The molecule has 5 rings (SSSR count). The van der Waals surface area contributed by atoms with Crippen molar-refractivity contribution in [3.05, 3.63) is 70.0 Å². The number of benzene rings is 2. The summed E-state index contributed by atoms with van der Waals surface area (Å²) in [5.74, 6) is -1.04. The van der Waals surface area contributed by atoms with Crippen LogP contribution in [0.3, 0.4) is 0 Å². The highest BCUT2D eigenvalue weighted by Gasteiger charge is 2.37. The number of anilines is 1. The maximum absolute atomic E-state index is 14.8. The molecule has 1 amide bonds. The summed E-state index contributed by atoms with van der Waals surface area (Å²) in [6, 6.07) is 6.05. The van der Waals surface area contributed by atoms with E-state index in [0.717, 1.165) is 28.6 Å². The van der Waals surface area contributed by atoms with E-state index in [1.807, 2.05) is 6.92 Å². The second-order valence-corrected chi connectivity index (χ2v) is 8.92. The predicted molar refractivity (Wildman–Crippen MR) is 120 cm³/mol. The van der Waals surface area contributed by atoms with Crippen molar-refractivity contribution in [1.82, 2.24) is 9.88 Å². The third-order valence-electron chi connectivity index (χ3n) is 6.66. The van der Waals surface area contributed by atoms with Gasteiger partial charge in [-0.15, -0.1) is 0 Å². The molecule has 1 saturated heterocycles. The number of halogens is 4. The maximum Gasteiger partial charge on any atom is 0.416 e. The molecule has 10 heteroatoms. The molecule has 3 atom stereocenters. The van der Waals surface area contributed by atoms with Crippen molar-refractivity contribution in [2.75, 3.05) is 18.9 Å². The highest BCUT2D eigenvalue weighted by atomic mass is 19.4. The van der Waals surface area contributed by atoms with Crippen LogP contribution in [-0.4, -0.2) is 35.0 Å². The Hall–Kier alpha value is -3.24. The largest absolute Gasteiger partial charge is 0.416 e. The number of nitrogens with two attached hydrogens (primary N) is 1. The number of hydrogen-bond donors (Lipinski definition) is 1. The SMILES string of the molecule is C[C@@H]1COC[C@H](c2ccc(C(F)(F)F)cc2F)N1C(=O)c1ccc2nc(N)c3c(c2c1)CO[C@@H]3C. The van der Waals surface area contributed by atoms with Crippen molar-refractivity contribution in [3.8, 4) is 0 Å². The van der Waals surface area contributed by atoms with Gasteiger partial charge in [-0.3, -0.25) is 4.79 Å². The topological polar surface area (TPSA) is 77.7 Å². The second kappa shape index (κ2) is 8.46. The average Bonchev–Trinajstić information content (AvgIpc) is 3.20. The first-order valence-electron chi connectivity index (χ1n) is 11.2. The van der Waals surface area contributed by atoms with Gasteiger partial charge < -0.3 is 20.1 Å². The van der Waals surface area contributed by atoms with Gasteiger partial charge in [0.1, 0.15) is 11.6 Å². The predicted octanol–water partition coefficient (Wildman–Crippen LogP) is 5.17. The zero-order valence-corrected chi connectivity index (χ0v) is 19.0. The van der Waals surface area contributed by atoms with Gasteiger partial charge >= 0.3 is 6.18 Å². The zero-order chi connectivity index (χ0) is 25.1. The van der Waals surface area contributed by atoms with Gasteiger partial charge in [-0.2, -0.15) is 13.2 Å². The van der Waals surface area contributed by atoms with Crippen LogP contribution in [0.25, 0.3) is 10.9 Å². The molecule has 0 unspecified atom stereocenters. The molecule has 2 aliphatic rings. The number of alkyl halides is 3. The molecular formula is C25H23F4N3O3. The van der Waals surface area contributed by atoms with Crippen LogP contribution in [-0.2, 0) is 22.3 Å². The van der Waals surface area contributed by atoms with Crippen LogP contribution in [0, 0.1) is 5.82 Å². The molecule has 0 bridgehead atoms. The van der Waals surface area contributed by atoms with Gasteiger partial charge in [-0.1, -0.05) is 6.07 Å². The van der Waals surface area contributed by atoms with Gasteiger partial charge in [0.25, 0.3) is 5.91 Å². The van der Waals surface area contributed by atoms with Crippen LogP contribution >= 0.6 is 0 Å². The van der Waals surface area contributed by atoms with E-state index in [1.54, 1.807) is 25.1 Å². The minimum absolute atomic E-state index is 0.0313. The summed E-state index contributed by atoms with van der Waals surface area (Å²) in [4.78, 5) is 19.6. The lowest BCUT2D eigenvalue weighted by molar-refractivity contribution is -0.137. The van der Waals surface area contributed by atoms with Gasteiger partial charge in [0.2, 0.25) is 0 Å². The summed E-state index contributed by atoms with van der Waals surface area (Å²) in [5.41, 5.74) is 7.62.